The standard InChI is InChI=1S/C9H7BrF3NO2/c1-16-9(15)5-2-4(3-10)14-7(6(5)11)8(12)13/h2,8H,3H2,1H3. The summed E-state index contributed by atoms with van der Waals surface area (Å²) in [4.78, 5) is 14.5. The highest BCUT2D eigenvalue weighted by molar-refractivity contribution is 9.08. The van der Waals surface area contributed by atoms with Crippen molar-refractivity contribution in [2.45, 2.75) is 11.8 Å². The molecule has 0 aromatic carbocycles. The quantitative estimate of drug-likeness (QED) is 0.636. The van der Waals surface area contributed by atoms with Gasteiger partial charge < -0.3 is 4.74 Å². The van der Waals surface area contributed by atoms with E-state index in [4.69, 9.17) is 0 Å². The summed E-state index contributed by atoms with van der Waals surface area (Å²) in [6, 6.07) is 1.07. The van der Waals surface area contributed by atoms with Crippen LogP contribution in [-0.4, -0.2) is 18.1 Å². The van der Waals surface area contributed by atoms with E-state index in [9.17, 15) is 18.0 Å². The van der Waals surface area contributed by atoms with Crippen molar-refractivity contribution in [1.29, 1.82) is 0 Å². The van der Waals surface area contributed by atoms with Gasteiger partial charge in [-0.25, -0.2) is 22.9 Å². The normalized spacial score (nSPS) is 10.6. The second-order valence-electron chi connectivity index (χ2n) is 2.79. The average molecular weight is 298 g/mol. The van der Waals surface area contributed by atoms with Crippen molar-refractivity contribution in [3.63, 3.8) is 0 Å². The second kappa shape index (κ2) is 5.29. The van der Waals surface area contributed by atoms with Crippen molar-refractivity contribution in [1.82, 2.24) is 4.98 Å². The zero-order valence-electron chi connectivity index (χ0n) is 8.14. The van der Waals surface area contributed by atoms with E-state index in [1.165, 1.54) is 0 Å². The van der Waals surface area contributed by atoms with Gasteiger partial charge in [-0.1, -0.05) is 15.9 Å². The minimum atomic E-state index is -3.08. The molecular weight excluding hydrogens is 291 g/mol. The number of methoxy groups -OCH3 is 1. The summed E-state index contributed by atoms with van der Waals surface area (Å²) in [5, 5.41) is 0.136. The van der Waals surface area contributed by atoms with Gasteiger partial charge in [0, 0.05) is 5.33 Å². The van der Waals surface area contributed by atoms with E-state index < -0.39 is 29.5 Å². The molecule has 3 nitrogen and oxygen atoms in total. The van der Waals surface area contributed by atoms with E-state index in [1.807, 2.05) is 0 Å². The van der Waals surface area contributed by atoms with Crippen LogP contribution in [0.3, 0.4) is 0 Å². The molecule has 1 aromatic rings. The molecule has 0 radical (unpaired) electrons. The zero-order chi connectivity index (χ0) is 12.3. The molecule has 0 bridgehead atoms. The Morgan fingerprint density at radius 2 is 2.25 bits per heavy atom. The predicted molar refractivity (Wildman–Crippen MR) is 53.1 cm³/mol. The summed E-state index contributed by atoms with van der Waals surface area (Å²) in [5.74, 6) is -2.35. The fraction of sp³-hybridized carbons (Fsp3) is 0.333. The maximum atomic E-state index is 13.4. The molecule has 1 heterocycles. The van der Waals surface area contributed by atoms with Crippen molar-refractivity contribution < 1.29 is 22.7 Å². The molecule has 7 heteroatoms. The third kappa shape index (κ3) is 2.52. The van der Waals surface area contributed by atoms with Gasteiger partial charge in [0.25, 0.3) is 6.43 Å². The minimum absolute atomic E-state index is 0.136. The monoisotopic (exact) mass is 297 g/mol. The molecule has 0 fully saturated rings. The lowest BCUT2D eigenvalue weighted by atomic mass is 10.2. The minimum Gasteiger partial charge on any atom is -0.465 e. The molecule has 0 N–H and O–H groups in total. The van der Waals surface area contributed by atoms with Gasteiger partial charge in [0.05, 0.1) is 18.4 Å². The zero-order valence-corrected chi connectivity index (χ0v) is 9.72. The van der Waals surface area contributed by atoms with Crippen molar-refractivity contribution in [3.8, 4) is 0 Å². The van der Waals surface area contributed by atoms with Crippen molar-refractivity contribution in [3.05, 3.63) is 28.8 Å². The van der Waals surface area contributed by atoms with Gasteiger partial charge in [-0.15, -0.1) is 0 Å². The molecular formula is C9H7BrF3NO2. The highest BCUT2D eigenvalue weighted by atomic mass is 79.9. The summed E-state index contributed by atoms with van der Waals surface area (Å²) >= 11 is 2.99. The van der Waals surface area contributed by atoms with Gasteiger partial charge in [-0.2, -0.15) is 0 Å². The summed E-state index contributed by atoms with van der Waals surface area (Å²) in [6.07, 6.45) is -3.08. The molecule has 0 aliphatic rings. The van der Waals surface area contributed by atoms with Crippen LogP contribution < -0.4 is 0 Å². The number of aromatic nitrogens is 1. The predicted octanol–water partition coefficient (Wildman–Crippen LogP) is 2.84. The maximum absolute atomic E-state index is 13.4. The number of esters is 1. The van der Waals surface area contributed by atoms with Crippen LogP contribution in [0.5, 0.6) is 0 Å². The first-order chi connectivity index (χ1) is 7.51. The number of halogens is 4. The van der Waals surface area contributed by atoms with Crippen molar-refractivity contribution in [2.24, 2.45) is 0 Å². The molecule has 0 amide bonds. The first kappa shape index (κ1) is 13.0. The molecule has 1 rings (SSSR count). The van der Waals surface area contributed by atoms with Gasteiger partial charge in [-0.3, -0.25) is 0 Å². The van der Waals surface area contributed by atoms with Crippen LogP contribution in [0, 0.1) is 5.82 Å². The number of carbonyl (C=O) groups excluding carboxylic acids is 1. The molecule has 0 aliphatic heterocycles. The third-order valence-corrected chi connectivity index (χ3v) is 2.36. The lowest BCUT2D eigenvalue weighted by Crippen LogP contribution is -2.10. The van der Waals surface area contributed by atoms with E-state index in [1.54, 1.807) is 0 Å². The Morgan fingerprint density at radius 1 is 1.62 bits per heavy atom. The SMILES string of the molecule is COC(=O)c1cc(CBr)nc(C(F)F)c1F. The molecule has 0 unspecified atom stereocenters. The van der Waals surface area contributed by atoms with Crippen molar-refractivity contribution in [2.75, 3.05) is 7.11 Å². The van der Waals surface area contributed by atoms with Gasteiger partial charge in [0.15, 0.2) is 5.82 Å². The van der Waals surface area contributed by atoms with Gasteiger partial charge in [0.1, 0.15) is 5.69 Å². The molecule has 0 saturated carbocycles. The summed E-state index contributed by atoms with van der Waals surface area (Å²) in [5.41, 5.74) is -1.45. The van der Waals surface area contributed by atoms with Gasteiger partial charge in [-0.05, 0) is 6.07 Å². The average Bonchev–Trinajstić information content (AvgIpc) is 2.28. The van der Waals surface area contributed by atoms with Crippen LogP contribution in [0.4, 0.5) is 13.2 Å². The number of ether oxygens (including phenoxy) is 1. The Bertz CT molecular complexity index is 412. The number of hydrogen-bond acceptors (Lipinski definition) is 3. The van der Waals surface area contributed by atoms with E-state index in [-0.39, 0.29) is 11.0 Å². The number of carbonyl (C=O) groups is 1. The van der Waals surface area contributed by atoms with E-state index in [0.717, 1.165) is 13.2 Å². The highest BCUT2D eigenvalue weighted by Gasteiger charge is 2.23. The summed E-state index contributed by atoms with van der Waals surface area (Å²) < 4.78 is 42.5. The van der Waals surface area contributed by atoms with Crippen LogP contribution >= 0.6 is 15.9 Å². The van der Waals surface area contributed by atoms with Crippen molar-refractivity contribution >= 4 is 21.9 Å². The second-order valence-corrected chi connectivity index (χ2v) is 3.35. The first-order valence-electron chi connectivity index (χ1n) is 4.13. The molecule has 16 heavy (non-hydrogen) atoms. The van der Waals surface area contributed by atoms with Crippen LogP contribution in [0.25, 0.3) is 0 Å². The lowest BCUT2D eigenvalue weighted by molar-refractivity contribution is 0.0593. The topological polar surface area (TPSA) is 39.2 Å². The van der Waals surface area contributed by atoms with E-state index in [2.05, 4.69) is 25.7 Å². The van der Waals surface area contributed by atoms with Crippen LogP contribution in [0.15, 0.2) is 6.07 Å². The Morgan fingerprint density at radius 3 is 2.69 bits per heavy atom. The molecule has 0 atom stereocenters. The highest BCUT2D eigenvalue weighted by Crippen LogP contribution is 2.24. The van der Waals surface area contributed by atoms with Crippen LogP contribution in [0.1, 0.15) is 28.2 Å². The molecule has 1 aromatic heterocycles. The molecule has 0 saturated heterocycles. The van der Waals surface area contributed by atoms with Crippen LogP contribution in [-0.2, 0) is 10.1 Å². The van der Waals surface area contributed by atoms with Crippen LogP contribution in [0.2, 0.25) is 0 Å². The van der Waals surface area contributed by atoms with E-state index in [0.29, 0.717) is 0 Å². The Balaban J connectivity index is 3.37. The Kier molecular flexibility index (Phi) is 4.28. The van der Waals surface area contributed by atoms with E-state index >= 15 is 0 Å². The fourth-order valence-electron chi connectivity index (χ4n) is 1.08. The Labute approximate surface area is 97.8 Å². The maximum Gasteiger partial charge on any atom is 0.340 e. The largest absolute Gasteiger partial charge is 0.465 e. The lowest BCUT2D eigenvalue weighted by Gasteiger charge is -2.07. The third-order valence-electron chi connectivity index (χ3n) is 1.79. The number of hydrogen-bond donors (Lipinski definition) is 0. The van der Waals surface area contributed by atoms with Gasteiger partial charge in [0.2, 0.25) is 0 Å². The smallest absolute Gasteiger partial charge is 0.340 e. The number of nitrogens with zero attached hydrogens (tertiary/aromatic N) is 1. The molecule has 88 valence electrons. The summed E-state index contributed by atoms with van der Waals surface area (Å²) in [7, 11) is 1.04. The van der Waals surface area contributed by atoms with Gasteiger partial charge >= 0.3 is 5.97 Å². The fourth-order valence-corrected chi connectivity index (χ4v) is 1.36. The number of pyridine rings is 1. The number of rotatable bonds is 3. The Hall–Kier alpha value is -1.11. The molecule has 0 spiro atoms. The first-order valence-corrected chi connectivity index (χ1v) is 5.25. The summed E-state index contributed by atoms with van der Waals surface area (Å²) in [6.45, 7) is 0. The molecule has 0 aliphatic carbocycles. The number of alkyl halides is 3.